The highest BCUT2D eigenvalue weighted by molar-refractivity contribution is 8.13. The summed E-state index contributed by atoms with van der Waals surface area (Å²) in [6.07, 6.45) is -5.27. The molecule has 0 bridgehead atoms. The second-order valence-corrected chi connectivity index (χ2v) is 5.60. The van der Waals surface area contributed by atoms with Crippen LogP contribution in [0.1, 0.15) is 0 Å². The average Bonchev–Trinajstić information content (AvgIpc) is 2.24. The van der Waals surface area contributed by atoms with Gasteiger partial charge in [-0.25, -0.2) is 8.42 Å². The Balaban J connectivity index is 3.61. The lowest BCUT2D eigenvalue weighted by Gasteiger charge is -2.11. The van der Waals surface area contributed by atoms with Crippen LogP contribution < -0.4 is 9.47 Å². The Kier molecular flexibility index (Phi) is 4.29. The van der Waals surface area contributed by atoms with E-state index in [2.05, 4.69) is 14.5 Å². The summed E-state index contributed by atoms with van der Waals surface area (Å²) in [6, 6.07) is 0.259. The van der Waals surface area contributed by atoms with E-state index >= 15 is 0 Å². The lowest BCUT2D eigenvalue weighted by Crippen LogP contribution is -2.19. The Morgan fingerprint density at radius 1 is 1.40 bits per heavy atom. The molecule has 8 nitrogen and oxygen atoms in total. The zero-order valence-corrected chi connectivity index (χ0v) is 10.9. The summed E-state index contributed by atoms with van der Waals surface area (Å²) >= 11 is 0. The summed E-state index contributed by atoms with van der Waals surface area (Å²) in [5, 5.41) is 10.6. The first kappa shape index (κ1) is 16.2. The standard InChI is InChI=1S/C7H4ClF3N2O6S/c1-18-5-3(13(14)15)2-4(20(8,16)17)6(12-5)19-7(9,10)11/h2H,1H3. The molecule has 0 spiro atoms. The molecule has 112 valence electrons. The number of hydrogen-bond donors (Lipinski definition) is 0. The van der Waals surface area contributed by atoms with Gasteiger partial charge in [0.1, 0.15) is 0 Å². The van der Waals surface area contributed by atoms with Gasteiger partial charge < -0.3 is 9.47 Å². The topological polar surface area (TPSA) is 109 Å². The second kappa shape index (κ2) is 5.28. The number of methoxy groups -OCH3 is 1. The van der Waals surface area contributed by atoms with Crippen molar-refractivity contribution in [3.8, 4) is 11.8 Å². The van der Waals surface area contributed by atoms with Gasteiger partial charge in [0.05, 0.1) is 12.0 Å². The van der Waals surface area contributed by atoms with Crippen molar-refractivity contribution in [1.82, 2.24) is 4.98 Å². The molecule has 0 aliphatic heterocycles. The zero-order valence-electron chi connectivity index (χ0n) is 9.34. The Hall–Kier alpha value is -1.82. The molecular weight excluding hydrogens is 333 g/mol. The van der Waals surface area contributed by atoms with Gasteiger partial charge in [-0.3, -0.25) is 10.1 Å². The van der Waals surface area contributed by atoms with Crippen LogP contribution in [0.15, 0.2) is 11.0 Å². The third-order valence-corrected chi connectivity index (χ3v) is 3.08. The maximum Gasteiger partial charge on any atom is 0.574 e. The fraction of sp³-hybridized carbons (Fsp3) is 0.286. The highest BCUT2D eigenvalue weighted by Gasteiger charge is 2.37. The van der Waals surface area contributed by atoms with Crippen LogP contribution in [0.3, 0.4) is 0 Å². The molecule has 0 saturated heterocycles. The first-order chi connectivity index (χ1) is 8.95. The number of rotatable bonds is 4. The van der Waals surface area contributed by atoms with E-state index in [1.165, 1.54) is 0 Å². The monoisotopic (exact) mass is 336 g/mol. The normalized spacial score (nSPS) is 12.1. The van der Waals surface area contributed by atoms with Gasteiger partial charge >= 0.3 is 12.0 Å². The number of nitro groups is 1. The van der Waals surface area contributed by atoms with Crippen molar-refractivity contribution < 1.29 is 36.0 Å². The number of halogens is 4. The molecule has 0 atom stereocenters. The van der Waals surface area contributed by atoms with E-state index in [9.17, 15) is 31.7 Å². The summed E-state index contributed by atoms with van der Waals surface area (Å²) in [4.78, 5) is 11.2. The van der Waals surface area contributed by atoms with Crippen LogP contribution in [0.4, 0.5) is 18.9 Å². The second-order valence-electron chi connectivity index (χ2n) is 3.06. The maximum atomic E-state index is 12.1. The summed E-state index contributed by atoms with van der Waals surface area (Å²) in [6.45, 7) is 0. The summed E-state index contributed by atoms with van der Waals surface area (Å²) in [5.74, 6) is -2.34. The summed E-state index contributed by atoms with van der Waals surface area (Å²) in [5.41, 5.74) is -0.985. The number of ether oxygens (including phenoxy) is 2. The van der Waals surface area contributed by atoms with Crippen molar-refractivity contribution in [2.45, 2.75) is 11.3 Å². The van der Waals surface area contributed by atoms with Crippen LogP contribution in [-0.4, -0.2) is 31.8 Å². The molecule has 1 aromatic rings. The Labute approximate surface area is 113 Å². The highest BCUT2D eigenvalue weighted by Crippen LogP contribution is 2.37. The van der Waals surface area contributed by atoms with Crippen LogP contribution in [0.2, 0.25) is 0 Å². The third kappa shape index (κ3) is 3.84. The average molecular weight is 337 g/mol. The molecule has 0 N–H and O–H groups in total. The number of hydrogen-bond acceptors (Lipinski definition) is 7. The smallest absolute Gasteiger partial charge is 0.476 e. The largest absolute Gasteiger partial charge is 0.574 e. The van der Waals surface area contributed by atoms with E-state index in [1.807, 2.05) is 0 Å². The van der Waals surface area contributed by atoms with Gasteiger partial charge in [-0.2, -0.15) is 4.98 Å². The number of nitrogens with zero attached hydrogens (tertiary/aromatic N) is 2. The summed E-state index contributed by atoms with van der Waals surface area (Å²) in [7, 11) is 1.01. The highest BCUT2D eigenvalue weighted by atomic mass is 35.7. The van der Waals surface area contributed by atoms with Crippen LogP contribution in [-0.2, 0) is 9.05 Å². The van der Waals surface area contributed by atoms with Gasteiger partial charge in [-0.05, 0) is 0 Å². The van der Waals surface area contributed by atoms with Gasteiger partial charge in [0.15, 0.2) is 4.90 Å². The Bertz CT molecular complexity index is 647. The molecule has 0 aliphatic carbocycles. The first-order valence-corrected chi connectivity index (χ1v) is 6.70. The van der Waals surface area contributed by atoms with Crippen molar-refractivity contribution in [1.29, 1.82) is 0 Å². The first-order valence-electron chi connectivity index (χ1n) is 4.39. The lowest BCUT2D eigenvalue weighted by molar-refractivity contribution is -0.386. The van der Waals surface area contributed by atoms with Crippen LogP contribution in [0.25, 0.3) is 0 Å². The molecule has 0 unspecified atom stereocenters. The van der Waals surface area contributed by atoms with Crippen molar-refractivity contribution in [3.05, 3.63) is 16.2 Å². The molecule has 0 radical (unpaired) electrons. The van der Waals surface area contributed by atoms with Gasteiger partial charge in [0.25, 0.3) is 14.9 Å². The predicted molar refractivity (Wildman–Crippen MR) is 57.2 cm³/mol. The predicted octanol–water partition coefficient (Wildman–Crippen LogP) is 1.82. The summed E-state index contributed by atoms with van der Waals surface area (Å²) < 4.78 is 66.4. The van der Waals surface area contributed by atoms with Gasteiger partial charge in [0.2, 0.25) is 5.88 Å². The molecule has 13 heteroatoms. The van der Waals surface area contributed by atoms with Crippen LogP contribution in [0.5, 0.6) is 11.8 Å². The quantitative estimate of drug-likeness (QED) is 0.468. The molecule has 1 aromatic heterocycles. The molecular formula is C7H4ClF3N2O6S. The fourth-order valence-electron chi connectivity index (χ4n) is 1.09. The minimum absolute atomic E-state index is 0.259. The lowest BCUT2D eigenvalue weighted by atomic mass is 10.4. The molecule has 0 amide bonds. The minimum Gasteiger partial charge on any atom is -0.476 e. The fourth-order valence-corrected chi connectivity index (χ4v) is 1.97. The maximum absolute atomic E-state index is 12.1. The van der Waals surface area contributed by atoms with Crippen molar-refractivity contribution in [2.24, 2.45) is 0 Å². The van der Waals surface area contributed by atoms with Crippen molar-refractivity contribution in [2.75, 3.05) is 7.11 Å². The van der Waals surface area contributed by atoms with Gasteiger partial charge in [-0.1, -0.05) is 0 Å². The molecule has 0 fully saturated rings. The molecule has 1 heterocycles. The van der Waals surface area contributed by atoms with E-state index in [0.717, 1.165) is 7.11 Å². The Morgan fingerprint density at radius 2 is 1.95 bits per heavy atom. The Morgan fingerprint density at radius 3 is 2.30 bits per heavy atom. The minimum atomic E-state index is -5.27. The van der Waals surface area contributed by atoms with E-state index in [1.54, 1.807) is 0 Å². The molecule has 20 heavy (non-hydrogen) atoms. The van der Waals surface area contributed by atoms with Crippen molar-refractivity contribution in [3.63, 3.8) is 0 Å². The van der Waals surface area contributed by atoms with Gasteiger partial charge in [0, 0.05) is 16.7 Å². The SMILES string of the molecule is COc1nc(OC(F)(F)F)c(S(=O)(=O)Cl)cc1[N+](=O)[O-]. The molecule has 0 aliphatic rings. The number of alkyl halides is 3. The number of aromatic nitrogens is 1. The van der Waals surface area contributed by atoms with E-state index in [0.29, 0.717) is 0 Å². The molecule has 0 saturated carbocycles. The van der Waals surface area contributed by atoms with E-state index in [4.69, 9.17) is 10.7 Å². The van der Waals surface area contributed by atoms with Crippen LogP contribution in [0, 0.1) is 10.1 Å². The molecule has 0 aromatic carbocycles. The number of pyridine rings is 1. The van der Waals surface area contributed by atoms with Crippen LogP contribution >= 0.6 is 10.7 Å². The molecule has 1 rings (SSSR count). The van der Waals surface area contributed by atoms with Gasteiger partial charge in [-0.15, -0.1) is 13.2 Å². The van der Waals surface area contributed by atoms with E-state index < -0.39 is 42.7 Å². The third-order valence-electron chi connectivity index (χ3n) is 1.77. The zero-order chi connectivity index (χ0) is 15.7. The van der Waals surface area contributed by atoms with E-state index in [-0.39, 0.29) is 6.07 Å². The van der Waals surface area contributed by atoms with Crippen molar-refractivity contribution >= 4 is 25.4 Å².